The predicted octanol–water partition coefficient (Wildman–Crippen LogP) is 1.12. The van der Waals surface area contributed by atoms with Gasteiger partial charge in [0.25, 0.3) is 0 Å². The van der Waals surface area contributed by atoms with Gasteiger partial charge < -0.3 is 15.5 Å². The third-order valence-electron chi connectivity index (χ3n) is 3.77. The van der Waals surface area contributed by atoms with Gasteiger partial charge in [-0.25, -0.2) is 0 Å². The fourth-order valence-corrected chi connectivity index (χ4v) is 2.95. The highest BCUT2D eigenvalue weighted by molar-refractivity contribution is 7.80. The van der Waals surface area contributed by atoms with Gasteiger partial charge in [0.2, 0.25) is 5.91 Å². The number of hydrogen-bond acceptors (Lipinski definition) is 2. The normalized spacial score (nSPS) is 27.7. The maximum atomic E-state index is 11.3. The summed E-state index contributed by atoms with van der Waals surface area (Å²) in [6, 6.07) is 0.371. The second-order valence-corrected chi connectivity index (χ2v) is 6.17. The van der Waals surface area contributed by atoms with Crippen LogP contribution in [0.3, 0.4) is 0 Å². The summed E-state index contributed by atoms with van der Waals surface area (Å²) in [4.78, 5) is 13.6. The molecule has 2 aliphatic heterocycles. The second kappa shape index (κ2) is 5.87. The minimum atomic E-state index is 0.213. The Kier molecular flexibility index (Phi) is 4.43. The zero-order valence-electron chi connectivity index (χ0n) is 11.2. The number of likely N-dealkylation sites (tertiary alicyclic amines) is 1. The van der Waals surface area contributed by atoms with E-state index < -0.39 is 0 Å². The highest BCUT2D eigenvalue weighted by atomic mass is 32.1. The minimum Gasteiger partial charge on any atom is -0.362 e. The maximum Gasteiger partial charge on any atom is 0.220 e. The Morgan fingerprint density at radius 3 is 3.06 bits per heavy atom. The minimum absolute atomic E-state index is 0.213. The van der Waals surface area contributed by atoms with E-state index in [4.69, 9.17) is 12.2 Å². The predicted molar refractivity (Wildman–Crippen MR) is 76.3 cm³/mol. The van der Waals surface area contributed by atoms with Crippen molar-refractivity contribution in [3.8, 4) is 0 Å². The van der Waals surface area contributed by atoms with Crippen molar-refractivity contribution in [1.29, 1.82) is 0 Å². The van der Waals surface area contributed by atoms with Crippen LogP contribution in [-0.4, -0.2) is 41.6 Å². The molecule has 2 heterocycles. The summed E-state index contributed by atoms with van der Waals surface area (Å²) < 4.78 is 0. The van der Waals surface area contributed by atoms with Gasteiger partial charge in [-0.1, -0.05) is 13.8 Å². The standard InChI is InChI=1S/C13H23N3OS/c1-9(2)7-14-13(18)16-6-5-11-10(8-16)3-4-12(17)15-11/h9-11H,3-8H2,1-2H3,(H,14,18)(H,15,17). The number of nitrogens with zero attached hydrogens (tertiary/aromatic N) is 1. The zero-order chi connectivity index (χ0) is 13.1. The van der Waals surface area contributed by atoms with Crippen LogP contribution in [0.1, 0.15) is 33.1 Å². The first kappa shape index (κ1) is 13.6. The molecule has 0 spiro atoms. The van der Waals surface area contributed by atoms with E-state index in [1.54, 1.807) is 0 Å². The lowest BCUT2D eigenvalue weighted by molar-refractivity contribution is -0.125. The Labute approximate surface area is 114 Å². The van der Waals surface area contributed by atoms with Gasteiger partial charge in [0.15, 0.2) is 5.11 Å². The Morgan fingerprint density at radius 1 is 1.56 bits per heavy atom. The second-order valence-electron chi connectivity index (χ2n) is 5.79. The molecule has 0 aromatic heterocycles. The SMILES string of the molecule is CC(C)CNC(=S)N1CCC2NC(=O)CCC2C1. The van der Waals surface area contributed by atoms with Crippen molar-refractivity contribution in [3.05, 3.63) is 0 Å². The van der Waals surface area contributed by atoms with Crippen LogP contribution in [0, 0.1) is 11.8 Å². The Morgan fingerprint density at radius 2 is 2.33 bits per heavy atom. The van der Waals surface area contributed by atoms with Crippen LogP contribution in [-0.2, 0) is 4.79 Å². The van der Waals surface area contributed by atoms with Gasteiger partial charge >= 0.3 is 0 Å². The summed E-state index contributed by atoms with van der Waals surface area (Å²) in [5.41, 5.74) is 0. The molecule has 0 aromatic rings. The molecule has 0 radical (unpaired) electrons. The maximum absolute atomic E-state index is 11.3. The molecule has 2 rings (SSSR count). The van der Waals surface area contributed by atoms with Crippen LogP contribution in [0.25, 0.3) is 0 Å². The average molecular weight is 269 g/mol. The van der Waals surface area contributed by atoms with Crippen molar-refractivity contribution in [2.45, 2.75) is 39.2 Å². The van der Waals surface area contributed by atoms with Crippen molar-refractivity contribution in [2.75, 3.05) is 19.6 Å². The van der Waals surface area contributed by atoms with Crippen LogP contribution in [0.5, 0.6) is 0 Å². The van der Waals surface area contributed by atoms with E-state index in [1.807, 2.05) is 0 Å². The summed E-state index contributed by atoms with van der Waals surface area (Å²) in [6.45, 7) is 7.22. The first-order valence-electron chi connectivity index (χ1n) is 6.88. The van der Waals surface area contributed by atoms with Gasteiger partial charge in [0, 0.05) is 32.1 Å². The Balaban J connectivity index is 1.83. The highest BCUT2D eigenvalue weighted by Crippen LogP contribution is 2.25. The summed E-state index contributed by atoms with van der Waals surface area (Å²) >= 11 is 5.44. The lowest BCUT2D eigenvalue weighted by atomic mass is 9.85. The van der Waals surface area contributed by atoms with Crippen LogP contribution >= 0.6 is 12.2 Å². The molecule has 102 valence electrons. The van der Waals surface area contributed by atoms with E-state index in [-0.39, 0.29) is 5.91 Å². The fraction of sp³-hybridized carbons (Fsp3) is 0.846. The summed E-state index contributed by atoms with van der Waals surface area (Å²) in [6.07, 6.45) is 2.68. The van der Waals surface area contributed by atoms with Gasteiger partial charge in [-0.2, -0.15) is 0 Å². The van der Waals surface area contributed by atoms with E-state index >= 15 is 0 Å². The van der Waals surface area contributed by atoms with Crippen molar-refractivity contribution >= 4 is 23.2 Å². The topological polar surface area (TPSA) is 44.4 Å². The summed E-state index contributed by atoms with van der Waals surface area (Å²) in [7, 11) is 0. The number of carbonyl (C=O) groups excluding carboxylic acids is 1. The van der Waals surface area contributed by atoms with Crippen LogP contribution in [0.4, 0.5) is 0 Å². The molecule has 0 aromatic carbocycles. The molecule has 2 aliphatic rings. The van der Waals surface area contributed by atoms with Crippen LogP contribution in [0.15, 0.2) is 0 Å². The third-order valence-corrected chi connectivity index (χ3v) is 4.17. The molecule has 18 heavy (non-hydrogen) atoms. The summed E-state index contributed by atoms with van der Waals surface area (Å²) in [5.74, 6) is 1.38. The van der Waals surface area contributed by atoms with Gasteiger partial charge in [0.05, 0.1) is 0 Å². The van der Waals surface area contributed by atoms with Gasteiger partial charge in [-0.15, -0.1) is 0 Å². The largest absolute Gasteiger partial charge is 0.362 e. The molecule has 0 saturated carbocycles. The number of amides is 1. The average Bonchev–Trinajstić information content (AvgIpc) is 2.35. The molecular formula is C13H23N3OS. The number of fused-ring (bicyclic) bond motifs is 1. The molecule has 5 heteroatoms. The number of rotatable bonds is 2. The zero-order valence-corrected chi connectivity index (χ0v) is 12.1. The lowest BCUT2D eigenvalue weighted by Gasteiger charge is -2.42. The van der Waals surface area contributed by atoms with Crippen LogP contribution < -0.4 is 10.6 Å². The molecule has 4 nitrogen and oxygen atoms in total. The molecule has 0 aliphatic carbocycles. The van der Waals surface area contributed by atoms with Crippen molar-refractivity contribution < 1.29 is 4.79 Å². The number of carbonyl (C=O) groups is 1. The van der Waals surface area contributed by atoms with Gasteiger partial charge in [0.1, 0.15) is 0 Å². The molecule has 2 unspecified atom stereocenters. The number of thiocarbonyl (C=S) groups is 1. The van der Waals surface area contributed by atoms with E-state index in [0.29, 0.717) is 24.3 Å². The molecule has 2 saturated heterocycles. The highest BCUT2D eigenvalue weighted by Gasteiger charge is 2.34. The van der Waals surface area contributed by atoms with Crippen molar-refractivity contribution in [2.24, 2.45) is 11.8 Å². The van der Waals surface area contributed by atoms with Crippen molar-refractivity contribution in [1.82, 2.24) is 15.5 Å². The fourth-order valence-electron chi connectivity index (χ4n) is 2.70. The Hall–Kier alpha value is -0.840. The monoisotopic (exact) mass is 269 g/mol. The molecule has 2 fully saturated rings. The molecule has 2 N–H and O–H groups in total. The van der Waals surface area contributed by atoms with E-state index in [0.717, 1.165) is 37.6 Å². The lowest BCUT2D eigenvalue weighted by Crippen LogP contribution is -2.56. The number of nitrogens with one attached hydrogen (secondary N) is 2. The molecule has 0 bridgehead atoms. The quantitative estimate of drug-likeness (QED) is 0.737. The van der Waals surface area contributed by atoms with Crippen LogP contribution in [0.2, 0.25) is 0 Å². The van der Waals surface area contributed by atoms with E-state index in [9.17, 15) is 4.79 Å². The summed E-state index contributed by atoms with van der Waals surface area (Å²) in [5, 5.41) is 7.30. The third kappa shape index (κ3) is 3.34. The van der Waals surface area contributed by atoms with Gasteiger partial charge in [-0.3, -0.25) is 4.79 Å². The number of hydrogen-bond donors (Lipinski definition) is 2. The molecular weight excluding hydrogens is 246 g/mol. The molecule has 2 atom stereocenters. The van der Waals surface area contributed by atoms with Crippen molar-refractivity contribution in [3.63, 3.8) is 0 Å². The van der Waals surface area contributed by atoms with E-state index in [2.05, 4.69) is 29.4 Å². The van der Waals surface area contributed by atoms with E-state index in [1.165, 1.54) is 0 Å². The Bertz CT molecular complexity index is 332. The first-order chi connectivity index (χ1) is 8.56. The van der Waals surface area contributed by atoms with Gasteiger partial charge in [-0.05, 0) is 36.9 Å². The number of piperidine rings is 2. The molecule has 1 amide bonds. The smallest absolute Gasteiger partial charge is 0.220 e. The first-order valence-corrected chi connectivity index (χ1v) is 7.29.